The van der Waals surface area contributed by atoms with E-state index in [1.165, 1.54) is 0 Å². The highest BCUT2D eigenvalue weighted by atomic mass is 79.9. The van der Waals surface area contributed by atoms with E-state index in [1.807, 2.05) is 0 Å². The quantitative estimate of drug-likeness (QED) is 0.745. The van der Waals surface area contributed by atoms with E-state index in [9.17, 15) is 4.79 Å². The largest absolute Gasteiger partial charge is 0.486 e. The van der Waals surface area contributed by atoms with Gasteiger partial charge in [0, 0.05) is 24.1 Å². The number of hydrogen-bond donors (Lipinski definition) is 1. The molecule has 0 aliphatic carbocycles. The molecule has 1 amide bonds. The van der Waals surface area contributed by atoms with Crippen LogP contribution in [-0.4, -0.2) is 33.7 Å². The van der Waals surface area contributed by atoms with Crippen LogP contribution < -0.4 is 14.8 Å². The second-order valence-corrected chi connectivity index (χ2v) is 5.66. The van der Waals surface area contributed by atoms with Crippen LogP contribution in [0.5, 0.6) is 11.5 Å². The maximum Gasteiger partial charge on any atom is 0.277 e. The molecule has 3 heterocycles. The summed E-state index contributed by atoms with van der Waals surface area (Å²) in [5.74, 6) is 0.955. The second kappa shape index (κ2) is 5.54. The van der Waals surface area contributed by atoms with E-state index in [4.69, 9.17) is 9.47 Å². The Bertz CT molecular complexity index is 909. The molecule has 0 unspecified atom stereocenters. The van der Waals surface area contributed by atoms with Crippen LogP contribution in [0, 0.1) is 0 Å². The van der Waals surface area contributed by atoms with Crippen LogP contribution in [0.1, 0.15) is 10.5 Å². The van der Waals surface area contributed by atoms with Crippen molar-refractivity contribution in [2.24, 2.45) is 0 Å². The zero-order valence-electron chi connectivity index (χ0n) is 11.8. The summed E-state index contributed by atoms with van der Waals surface area (Å²) in [6, 6.07) is 7.00. The molecule has 0 atom stereocenters. The number of benzene rings is 1. The fourth-order valence-electron chi connectivity index (χ4n) is 2.32. The predicted molar refractivity (Wildman–Crippen MR) is 86.1 cm³/mol. The average Bonchev–Trinajstić information content (AvgIpc) is 2.92. The number of rotatable bonds is 2. The summed E-state index contributed by atoms with van der Waals surface area (Å²) in [4.78, 5) is 16.6. The molecule has 3 aromatic rings. The van der Waals surface area contributed by atoms with Crippen molar-refractivity contribution in [3.63, 3.8) is 0 Å². The third-order valence-electron chi connectivity index (χ3n) is 3.35. The van der Waals surface area contributed by atoms with E-state index in [0.29, 0.717) is 40.5 Å². The lowest BCUT2D eigenvalue weighted by atomic mass is 10.2. The summed E-state index contributed by atoms with van der Waals surface area (Å²) >= 11 is 3.37. The monoisotopic (exact) mass is 374 g/mol. The van der Waals surface area contributed by atoms with Crippen LogP contribution in [0.25, 0.3) is 5.65 Å². The predicted octanol–water partition coefficient (Wildman–Crippen LogP) is 2.52. The number of ether oxygens (including phenoxy) is 2. The van der Waals surface area contributed by atoms with Crippen molar-refractivity contribution < 1.29 is 14.3 Å². The van der Waals surface area contributed by atoms with Crippen LogP contribution in [0.15, 0.2) is 41.1 Å². The fourth-order valence-corrected chi connectivity index (χ4v) is 2.86. The molecule has 0 saturated carbocycles. The van der Waals surface area contributed by atoms with Crippen molar-refractivity contribution >= 4 is 33.2 Å². The molecule has 116 valence electrons. The van der Waals surface area contributed by atoms with E-state index in [2.05, 4.69) is 31.3 Å². The maximum absolute atomic E-state index is 12.5. The lowest BCUT2D eigenvalue weighted by molar-refractivity contribution is 0.102. The van der Waals surface area contributed by atoms with Crippen molar-refractivity contribution in [2.75, 3.05) is 18.5 Å². The summed E-state index contributed by atoms with van der Waals surface area (Å²) in [5, 5.41) is 7.04. The van der Waals surface area contributed by atoms with E-state index in [1.54, 1.807) is 41.2 Å². The van der Waals surface area contributed by atoms with E-state index in [0.717, 1.165) is 0 Å². The highest BCUT2D eigenvalue weighted by Crippen LogP contribution is 2.33. The van der Waals surface area contributed by atoms with Gasteiger partial charge < -0.3 is 14.8 Å². The fraction of sp³-hybridized carbons (Fsp3) is 0.133. The number of nitrogens with zero attached hydrogens (tertiary/aromatic N) is 3. The molecule has 0 radical (unpaired) electrons. The van der Waals surface area contributed by atoms with Gasteiger partial charge in [-0.3, -0.25) is 4.79 Å². The zero-order chi connectivity index (χ0) is 15.8. The lowest BCUT2D eigenvalue weighted by Gasteiger charge is -2.18. The molecule has 7 nitrogen and oxygen atoms in total. The molecule has 1 N–H and O–H groups in total. The van der Waals surface area contributed by atoms with Crippen molar-refractivity contribution in [1.82, 2.24) is 14.6 Å². The number of aromatic nitrogens is 3. The van der Waals surface area contributed by atoms with Gasteiger partial charge >= 0.3 is 0 Å². The van der Waals surface area contributed by atoms with E-state index < -0.39 is 0 Å². The first-order valence-electron chi connectivity index (χ1n) is 6.92. The molecule has 1 aliphatic rings. The van der Waals surface area contributed by atoms with Gasteiger partial charge in [-0.15, -0.1) is 0 Å². The molecule has 4 rings (SSSR count). The van der Waals surface area contributed by atoms with Gasteiger partial charge in [0.15, 0.2) is 22.8 Å². The van der Waals surface area contributed by atoms with Crippen molar-refractivity contribution in [3.05, 3.63) is 46.8 Å². The number of hydrogen-bond acceptors (Lipinski definition) is 5. The number of nitrogens with one attached hydrogen (secondary N) is 1. The highest BCUT2D eigenvalue weighted by Gasteiger charge is 2.19. The van der Waals surface area contributed by atoms with Gasteiger partial charge in [0.1, 0.15) is 13.2 Å². The smallest absolute Gasteiger partial charge is 0.277 e. The third-order valence-corrected chi connectivity index (χ3v) is 4.08. The topological polar surface area (TPSA) is 77.8 Å². The first-order chi connectivity index (χ1) is 11.2. The van der Waals surface area contributed by atoms with Gasteiger partial charge in [0.05, 0.1) is 4.47 Å². The number of fused-ring (bicyclic) bond motifs is 2. The molecule has 23 heavy (non-hydrogen) atoms. The van der Waals surface area contributed by atoms with E-state index >= 15 is 0 Å². The standard InChI is InChI=1S/C15H11BrN4O3/c16-12-13(19-20-5-1-4-17-14(12)20)15(21)18-9-2-3-10-11(8-9)23-7-6-22-10/h1-5,8H,6-7H2,(H,18,21). The van der Waals surface area contributed by atoms with E-state index in [-0.39, 0.29) is 11.6 Å². The number of halogens is 1. The SMILES string of the molecule is O=C(Nc1ccc2c(c1)OCCO2)c1nn2cccnc2c1Br. The lowest BCUT2D eigenvalue weighted by Crippen LogP contribution is -2.17. The molecular formula is C15H11BrN4O3. The molecule has 0 bridgehead atoms. The molecule has 8 heteroatoms. The minimum atomic E-state index is -0.334. The minimum Gasteiger partial charge on any atom is -0.486 e. The molecule has 0 fully saturated rings. The molecule has 0 saturated heterocycles. The number of amides is 1. The Balaban J connectivity index is 1.63. The molecule has 1 aliphatic heterocycles. The second-order valence-electron chi connectivity index (χ2n) is 4.86. The Morgan fingerprint density at radius 3 is 2.91 bits per heavy atom. The van der Waals surface area contributed by atoms with Crippen LogP contribution in [-0.2, 0) is 0 Å². The number of anilines is 1. The number of carbonyl (C=O) groups excluding carboxylic acids is 1. The van der Waals surface area contributed by atoms with Gasteiger partial charge in [-0.2, -0.15) is 5.10 Å². The third kappa shape index (κ3) is 2.50. The Morgan fingerprint density at radius 2 is 2.09 bits per heavy atom. The van der Waals surface area contributed by atoms with Crippen LogP contribution >= 0.6 is 15.9 Å². The summed E-state index contributed by atoms with van der Waals surface area (Å²) < 4.78 is 13.1. The average molecular weight is 375 g/mol. The van der Waals surface area contributed by atoms with Gasteiger partial charge in [-0.05, 0) is 34.1 Å². The maximum atomic E-state index is 12.5. The Hall–Kier alpha value is -2.61. The molecule has 0 spiro atoms. The van der Waals surface area contributed by atoms with Gasteiger partial charge in [0.2, 0.25) is 0 Å². The summed E-state index contributed by atoms with van der Waals surface area (Å²) in [7, 11) is 0. The summed E-state index contributed by atoms with van der Waals surface area (Å²) in [6.07, 6.45) is 3.37. The highest BCUT2D eigenvalue weighted by molar-refractivity contribution is 9.10. The summed E-state index contributed by atoms with van der Waals surface area (Å²) in [5.41, 5.74) is 1.45. The van der Waals surface area contributed by atoms with Crippen molar-refractivity contribution in [1.29, 1.82) is 0 Å². The van der Waals surface area contributed by atoms with Gasteiger partial charge in [-0.1, -0.05) is 0 Å². The van der Waals surface area contributed by atoms with Crippen molar-refractivity contribution in [3.8, 4) is 11.5 Å². The van der Waals surface area contributed by atoms with Crippen molar-refractivity contribution in [2.45, 2.75) is 0 Å². The Morgan fingerprint density at radius 1 is 1.26 bits per heavy atom. The molecule has 2 aromatic heterocycles. The van der Waals surface area contributed by atoms with Crippen LogP contribution in [0.4, 0.5) is 5.69 Å². The van der Waals surface area contributed by atoms with Crippen LogP contribution in [0.2, 0.25) is 0 Å². The van der Waals surface area contributed by atoms with Gasteiger partial charge in [0.25, 0.3) is 5.91 Å². The number of carbonyl (C=O) groups is 1. The first kappa shape index (κ1) is 14.0. The normalized spacial score (nSPS) is 13.1. The van der Waals surface area contributed by atoms with Crippen LogP contribution in [0.3, 0.4) is 0 Å². The first-order valence-corrected chi connectivity index (χ1v) is 7.71. The molecule has 1 aromatic carbocycles. The summed E-state index contributed by atoms with van der Waals surface area (Å²) in [6.45, 7) is 1.02. The Labute approximate surface area is 139 Å². The molecular weight excluding hydrogens is 364 g/mol. The zero-order valence-corrected chi connectivity index (χ0v) is 13.4. The Kier molecular flexibility index (Phi) is 3.38. The van der Waals surface area contributed by atoms with Gasteiger partial charge in [-0.25, -0.2) is 9.50 Å². The minimum absolute atomic E-state index is 0.263.